The Morgan fingerprint density at radius 1 is 1.46 bits per heavy atom. The summed E-state index contributed by atoms with van der Waals surface area (Å²) in [6.07, 6.45) is 0.752. The topological polar surface area (TPSA) is 17.1 Å². The monoisotopic (exact) mass is 212 g/mol. The standard InChI is InChI=1S/C10H6Cl2O/c11-5-1-2-9-6-8(7-13)3-4-10(9)12/h3-4,6-7H,5H2. The summed E-state index contributed by atoms with van der Waals surface area (Å²) in [5, 5.41) is 0.531. The quantitative estimate of drug-likeness (QED) is 0.398. The van der Waals surface area contributed by atoms with Crippen molar-refractivity contribution in [1.29, 1.82) is 0 Å². The summed E-state index contributed by atoms with van der Waals surface area (Å²) in [5.74, 6) is 5.69. The van der Waals surface area contributed by atoms with Gasteiger partial charge in [0, 0.05) is 11.1 Å². The number of halogens is 2. The third-order valence-corrected chi connectivity index (χ3v) is 1.88. The molecule has 0 unspecified atom stereocenters. The van der Waals surface area contributed by atoms with Crippen molar-refractivity contribution in [3.05, 3.63) is 34.3 Å². The highest BCUT2D eigenvalue weighted by Crippen LogP contribution is 2.15. The van der Waals surface area contributed by atoms with Crippen molar-refractivity contribution in [2.45, 2.75) is 0 Å². The molecule has 0 N–H and O–H groups in total. The van der Waals surface area contributed by atoms with Crippen LogP contribution < -0.4 is 0 Å². The zero-order chi connectivity index (χ0) is 9.68. The summed E-state index contributed by atoms with van der Waals surface area (Å²) in [4.78, 5) is 10.4. The molecule has 0 aliphatic heterocycles. The van der Waals surface area contributed by atoms with Gasteiger partial charge in [-0.2, -0.15) is 0 Å². The van der Waals surface area contributed by atoms with Gasteiger partial charge in [0.2, 0.25) is 0 Å². The van der Waals surface area contributed by atoms with E-state index in [1.165, 1.54) is 0 Å². The molecule has 1 aromatic rings. The summed E-state index contributed by atoms with van der Waals surface area (Å²) in [5.41, 5.74) is 1.19. The van der Waals surface area contributed by atoms with Crippen molar-refractivity contribution >= 4 is 29.5 Å². The molecule has 0 saturated carbocycles. The number of carbonyl (C=O) groups excluding carboxylic acids is 1. The lowest BCUT2D eigenvalue weighted by Crippen LogP contribution is -1.83. The molecular formula is C10H6Cl2O. The molecule has 13 heavy (non-hydrogen) atoms. The normalized spacial score (nSPS) is 8.77. The van der Waals surface area contributed by atoms with E-state index >= 15 is 0 Å². The molecule has 0 aliphatic carbocycles. The van der Waals surface area contributed by atoms with Crippen LogP contribution in [0.2, 0.25) is 5.02 Å². The van der Waals surface area contributed by atoms with E-state index in [1.54, 1.807) is 18.2 Å². The molecule has 1 rings (SSSR count). The van der Waals surface area contributed by atoms with Crippen molar-refractivity contribution in [2.24, 2.45) is 0 Å². The van der Waals surface area contributed by atoms with Gasteiger partial charge in [-0.3, -0.25) is 4.79 Å². The van der Waals surface area contributed by atoms with E-state index in [2.05, 4.69) is 11.8 Å². The molecule has 1 nitrogen and oxygen atoms in total. The number of carbonyl (C=O) groups is 1. The average Bonchev–Trinajstić information content (AvgIpc) is 2.17. The van der Waals surface area contributed by atoms with E-state index in [0.29, 0.717) is 16.1 Å². The second kappa shape index (κ2) is 4.91. The predicted molar refractivity (Wildman–Crippen MR) is 54.4 cm³/mol. The number of rotatable bonds is 1. The Kier molecular flexibility index (Phi) is 3.82. The first-order valence-corrected chi connectivity index (χ1v) is 4.48. The number of aldehydes is 1. The Labute approximate surface area is 86.7 Å². The van der Waals surface area contributed by atoms with Crippen LogP contribution >= 0.6 is 23.2 Å². The summed E-state index contributed by atoms with van der Waals surface area (Å²) >= 11 is 11.2. The summed E-state index contributed by atoms with van der Waals surface area (Å²) in [6, 6.07) is 4.92. The summed E-state index contributed by atoms with van der Waals surface area (Å²) in [7, 11) is 0. The number of hydrogen-bond donors (Lipinski definition) is 0. The van der Waals surface area contributed by atoms with Crippen LogP contribution in [-0.2, 0) is 0 Å². The van der Waals surface area contributed by atoms with Gasteiger partial charge in [-0.15, -0.1) is 11.6 Å². The van der Waals surface area contributed by atoms with E-state index in [-0.39, 0.29) is 5.88 Å². The molecule has 0 spiro atoms. The first-order chi connectivity index (χ1) is 6.27. The van der Waals surface area contributed by atoms with Crippen LogP contribution in [0.25, 0.3) is 0 Å². The van der Waals surface area contributed by atoms with Crippen LogP contribution in [0.15, 0.2) is 18.2 Å². The van der Waals surface area contributed by atoms with Crippen LogP contribution in [0.3, 0.4) is 0 Å². The van der Waals surface area contributed by atoms with E-state index in [0.717, 1.165) is 6.29 Å². The van der Waals surface area contributed by atoms with Crippen molar-refractivity contribution in [1.82, 2.24) is 0 Å². The Morgan fingerprint density at radius 3 is 2.85 bits per heavy atom. The van der Waals surface area contributed by atoms with Crippen LogP contribution in [0.5, 0.6) is 0 Å². The maximum absolute atomic E-state index is 10.4. The molecule has 0 radical (unpaired) electrons. The Hall–Kier alpha value is -0.970. The Balaban J connectivity index is 3.11. The molecule has 66 valence electrons. The van der Waals surface area contributed by atoms with E-state index in [4.69, 9.17) is 23.2 Å². The molecule has 0 fully saturated rings. The van der Waals surface area contributed by atoms with Gasteiger partial charge >= 0.3 is 0 Å². The maximum Gasteiger partial charge on any atom is 0.150 e. The lowest BCUT2D eigenvalue weighted by atomic mass is 10.1. The highest BCUT2D eigenvalue weighted by atomic mass is 35.5. The van der Waals surface area contributed by atoms with Crippen LogP contribution in [0.4, 0.5) is 0 Å². The second-order valence-corrected chi connectivity index (χ2v) is 2.97. The minimum absolute atomic E-state index is 0.252. The van der Waals surface area contributed by atoms with E-state index in [1.807, 2.05) is 0 Å². The van der Waals surface area contributed by atoms with E-state index in [9.17, 15) is 4.79 Å². The molecule has 0 saturated heterocycles. The zero-order valence-corrected chi connectivity index (χ0v) is 8.19. The van der Waals surface area contributed by atoms with Gasteiger partial charge in [-0.1, -0.05) is 29.5 Å². The van der Waals surface area contributed by atoms with Gasteiger partial charge in [0.15, 0.2) is 0 Å². The molecule has 0 atom stereocenters. The highest BCUT2D eigenvalue weighted by Gasteiger charge is 1.97. The van der Waals surface area contributed by atoms with Crippen LogP contribution in [0, 0.1) is 11.8 Å². The third kappa shape index (κ3) is 2.77. The van der Waals surface area contributed by atoms with Crippen molar-refractivity contribution < 1.29 is 4.79 Å². The molecule has 1 aromatic carbocycles. The zero-order valence-electron chi connectivity index (χ0n) is 6.68. The fourth-order valence-electron chi connectivity index (χ4n) is 0.841. The lowest BCUT2D eigenvalue weighted by Gasteiger charge is -1.95. The SMILES string of the molecule is O=Cc1ccc(Cl)c(C#CCCl)c1. The number of benzene rings is 1. The average molecular weight is 213 g/mol. The Morgan fingerprint density at radius 2 is 2.23 bits per heavy atom. The molecule has 0 bridgehead atoms. The van der Waals surface area contributed by atoms with E-state index < -0.39 is 0 Å². The summed E-state index contributed by atoms with van der Waals surface area (Å²) in [6.45, 7) is 0. The van der Waals surface area contributed by atoms with Gasteiger partial charge < -0.3 is 0 Å². The molecular weight excluding hydrogens is 207 g/mol. The van der Waals surface area contributed by atoms with Crippen molar-refractivity contribution in [3.8, 4) is 11.8 Å². The Bertz CT molecular complexity index is 374. The lowest BCUT2D eigenvalue weighted by molar-refractivity contribution is 0.112. The maximum atomic E-state index is 10.4. The van der Waals surface area contributed by atoms with Gasteiger partial charge in [0.1, 0.15) is 6.29 Å². The summed E-state index contributed by atoms with van der Waals surface area (Å²) < 4.78 is 0. The molecule has 0 aromatic heterocycles. The van der Waals surface area contributed by atoms with Gasteiger partial charge in [-0.25, -0.2) is 0 Å². The largest absolute Gasteiger partial charge is 0.298 e. The fraction of sp³-hybridized carbons (Fsp3) is 0.100. The smallest absolute Gasteiger partial charge is 0.150 e. The van der Waals surface area contributed by atoms with Gasteiger partial charge in [-0.05, 0) is 12.1 Å². The minimum atomic E-state index is 0.252. The van der Waals surface area contributed by atoms with Gasteiger partial charge in [0.05, 0.1) is 10.9 Å². The number of alkyl halides is 1. The first kappa shape index (κ1) is 10.1. The van der Waals surface area contributed by atoms with Crippen molar-refractivity contribution in [3.63, 3.8) is 0 Å². The van der Waals surface area contributed by atoms with Crippen LogP contribution in [-0.4, -0.2) is 12.2 Å². The number of hydrogen-bond acceptors (Lipinski definition) is 1. The van der Waals surface area contributed by atoms with Crippen LogP contribution in [0.1, 0.15) is 15.9 Å². The molecule has 0 aliphatic rings. The third-order valence-electron chi connectivity index (χ3n) is 1.42. The van der Waals surface area contributed by atoms with Gasteiger partial charge in [0.25, 0.3) is 0 Å². The molecule has 3 heteroatoms. The minimum Gasteiger partial charge on any atom is -0.298 e. The molecule has 0 amide bonds. The highest BCUT2D eigenvalue weighted by molar-refractivity contribution is 6.31. The fourth-order valence-corrected chi connectivity index (χ4v) is 1.07. The predicted octanol–water partition coefficient (Wildman–Crippen LogP) is 2.74. The first-order valence-electron chi connectivity index (χ1n) is 3.57. The van der Waals surface area contributed by atoms with Crippen molar-refractivity contribution in [2.75, 3.05) is 5.88 Å². The second-order valence-electron chi connectivity index (χ2n) is 2.29. The molecule has 0 heterocycles.